The number of carboxylic acid groups (broad SMARTS) is 1. The van der Waals surface area contributed by atoms with Crippen molar-refractivity contribution in [1.29, 1.82) is 0 Å². The average molecular weight is 290 g/mol. The molecule has 114 valence electrons. The second-order valence-electron chi connectivity index (χ2n) is 5.71. The van der Waals surface area contributed by atoms with E-state index in [0.717, 1.165) is 30.5 Å². The molecule has 1 heterocycles. The van der Waals surface area contributed by atoms with E-state index in [1.54, 1.807) is 6.20 Å². The van der Waals surface area contributed by atoms with Crippen molar-refractivity contribution in [3.8, 4) is 0 Å². The van der Waals surface area contributed by atoms with Crippen LogP contribution in [0.2, 0.25) is 0 Å². The lowest BCUT2D eigenvalue weighted by Gasteiger charge is -2.22. The van der Waals surface area contributed by atoms with Crippen LogP contribution in [0.5, 0.6) is 0 Å². The van der Waals surface area contributed by atoms with Crippen LogP contribution >= 0.6 is 0 Å². The van der Waals surface area contributed by atoms with Gasteiger partial charge in [-0.15, -0.1) is 0 Å². The van der Waals surface area contributed by atoms with Gasteiger partial charge in [0, 0.05) is 12.6 Å². The van der Waals surface area contributed by atoms with Crippen molar-refractivity contribution in [2.75, 3.05) is 0 Å². The largest absolute Gasteiger partial charge is 0.481 e. The van der Waals surface area contributed by atoms with Gasteiger partial charge in [-0.2, -0.15) is 0 Å². The number of carbonyl (C=O) groups is 2. The van der Waals surface area contributed by atoms with Gasteiger partial charge in [-0.25, -0.2) is 0 Å². The van der Waals surface area contributed by atoms with Crippen LogP contribution in [0.25, 0.3) is 0 Å². The van der Waals surface area contributed by atoms with Gasteiger partial charge in [-0.05, 0) is 30.9 Å². The molecule has 1 fully saturated rings. The van der Waals surface area contributed by atoms with Crippen molar-refractivity contribution in [1.82, 2.24) is 10.3 Å². The van der Waals surface area contributed by atoms with Crippen molar-refractivity contribution in [2.24, 2.45) is 5.41 Å². The summed E-state index contributed by atoms with van der Waals surface area (Å²) >= 11 is 0. The first-order valence-electron chi connectivity index (χ1n) is 7.50. The molecule has 1 aliphatic carbocycles. The van der Waals surface area contributed by atoms with Crippen molar-refractivity contribution in [2.45, 2.75) is 52.0 Å². The normalized spacial score (nSPS) is 16.6. The summed E-state index contributed by atoms with van der Waals surface area (Å²) in [6, 6.07) is 3.87. The third-order valence-corrected chi connectivity index (χ3v) is 4.33. The van der Waals surface area contributed by atoms with Crippen LogP contribution in [0.4, 0.5) is 0 Å². The number of carboxylic acids is 1. The van der Waals surface area contributed by atoms with Gasteiger partial charge in [0.1, 0.15) is 0 Å². The molecule has 5 heteroatoms. The predicted octanol–water partition coefficient (Wildman–Crippen LogP) is 2.30. The van der Waals surface area contributed by atoms with Crippen LogP contribution in [-0.2, 0) is 22.6 Å². The fourth-order valence-corrected chi connectivity index (χ4v) is 3.02. The minimum absolute atomic E-state index is 0.0661. The molecule has 0 atom stereocenters. The Morgan fingerprint density at radius 2 is 2.10 bits per heavy atom. The standard InChI is InChI=1S/C16H22N2O3/c1-2-12-6-5-9-17-13(12)11-18-14(19)10-16(15(20)21)7-3-4-8-16/h5-6,9H,2-4,7-8,10-11H2,1H3,(H,18,19)(H,20,21). The highest BCUT2D eigenvalue weighted by Gasteiger charge is 2.42. The zero-order valence-corrected chi connectivity index (χ0v) is 12.4. The lowest BCUT2D eigenvalue weighted by molar-refractivity contribution is -0.151. The Hall–Kier alpha value is -1.91. The number of aryl methyl sites for hydroxylation is 1. The van der Waals surface area contributed by atoms with E-state index in [2.05, 4.69) is 10.3 Å². The second-order valence-corrected chi connectivity index (χ2v) is 5.71. The van der Waals surface area contributed by atoms with Gasteiger partial charge in [0.05, 0.1) is 17.7 Å². The summed E-state index contributed by atoms with van der Waals surface area (Å²) in [6.07, 6.45) is 5.60. The first-order valence-corrected chi connectivity index (χ1v) is 7.50. The van der Waals surface area contributed by atoms with E-state index in [1.165, 1.54) is 0 Å². The third-order valence-electron chi connectivity index (χ3n) is 4.33. The van der Waals surface area contributed by atoms with E-state index < -0.39 is 11.4 Å². The number of amides is 1. The molecule has 2 N–H and O–H groups in total. The molecule has 0 radical (unpaired) electrons. The summed E-state index contributed by atoms with van der Waals surface area (Å²) < 4.78 is 0. The molecule has 0 aliphatic heterocycles. The number of rotatable bonds is 6. The molecule has 0 bridgehead atoms. The second kappa shape index (κ2) is 6.70. The van der Waals surface area contributed by atoms with Crippen molar-refractivity contribution in [3.63, 3.8) is 0 Å². The van der Waals surface area contributed by atoms with E-state index in [4.69, 9.17) is 0 Å². The van der Waals surface area contributed by atoms with E-state index in [-0.39, 0.29) is 12.3 Å². The molecule has 0 aromatic carbocycles. The maximum Gasteiger partial charge on any atom is 0.310 e. The zero-order valence-electron chi connectivity index (χ0n) is 12.4. The van der Waals surface area contributed by atoms with Crippen LogP contribution in [0.1, 0.15) is 50.3 Å². The summed E-state index contributed by atoms with van der Waals surface area (Å²) in [5.41, 5.74) is 1.10. The molecule has 21 heavy (non-hydrogen) atoms. The van der Waals surface area contributed by atoms with E-state index in [1.807, 2.05) is 19.1 Å². The quantitative estimate of drug-likeness (QED) is 0.842. The summed E-state index contributed by atoms with van der Waals surface area (Å²) in [7, 11) is 0. The van der Waals surface area contributed by atoms with E-state index in [0.29, 0.717) is 19.4 Å². The Bertz CT molecular complexity index is 522. The zero-order chi connectivity index (χ0) is 15.3. The highest BCUT2D eigenvalue weighted by Crippen LogP contribution is 2.41. The fraction of sp³-hybridized carbons (Fsp3) is 0.562. The Kier molecular flexibility index (Phi) is 4.94. The summed E-state index contributed by atoms with van der Waals surface area (Å²) in [5.74, 6) is -1.05. The van der Waals surface area contributed by atoms with E-state index in [9.17, 15) is 14.7 Å². The molecule has 0 saturated heterocycles. The van der Waals surface area contributed by atoms with Crippen LogP contribution in [0, 0.1) is 5.41 Å². The summed E-state index contributed by atoms with van der Waals surface area (Å²) in [5, 5.41) is 12.2. The number of hydrogen-bond acceptors (Lipinski definition) is 3. The van der Waals surface area contributed by atoms with Crippen molar-refractivity contribution >= 4 is 11.9 Å². The number of carbonyl (C=O) groups excluding carboxylic acids is 1. The Balaban J connectivity index is 1.94. The van der Waals surface area contributed by atoms with Gasteiger partial charge in [0.15, 0.2) is 0 Å². The van der Waals surface area contributed by atoms with Gasteiger partial charge >= 0.3 is 5.97 Å². The topological polar surface area (TPSA) is 79.3 Å². The molecule has 1 aromatic heterocycles. The molecule has 1 aliphatic rings. The average Bonchev–Trinajstić information content (AvgIpc) is 2.95. The molecule has 0 spiro atoms. The van der Waals surface area contributed by atoms with Crippen molar-refractivity contribution in [3.05, 3.63) is 29.6 Å². The lowest BCUT2D eigenvalue weighted by Crippen LogP contribution is -2.35. The maximum atomic E-state index is 12.1. The summed E-state index contributed by atoms with van der Waals surface area (Å²) in [6.45, 7) is 2.40. The van der Waals surface area contributed by atoms with Crippen molar-refractivity contribution < 1.29 is 14.7 Å². The highest BCUT2D eigenvalue weighted by atomic mass is 16.4. The number of nitrogens with one attached hydrogen (secondary N) is 1. The molecule has 2 rings (SSSR count). The van der Waals surface area contributed by atoms with Crippen LogP contribution < -0.4 is 5.32 Å². The predicted molar refractivity (Wildman–Crippen MR) is 78.6 cm³/mol. The first kappa shape index (κ1) is 15.5. The highest BCUT2D eigenvalue weighted by molar-refractivity contribution is 5.85. The van der Waals surface area contributed by atoms with Gasteiger partial charge in [-0.1, -0.05) is 25.8 Å². The molecule has 0 unspecified atom stereocenters. The number of hydrogen-bond donors (Lipinski definition) is 2. The van der Waals surface area contributed by atoms with Gasteiger partial charge in [-0.3, -0.25) is 14.6 Å². The van der Waals surface area contributed by atoms with Crippen LogP contribution in [0.15, 0.2) is 18.3 Å². The molecule has 1 amide bonds. The van der Waals surface area contributed by atoms with Gasteiger partial charge in [0.2, 0.25) is 5.91 Å². The Labute approximate surface area is 124 Å². The number of aromatic nitrogens is 1. The Morgan fingerprint density at radius 1 is 1.38 bits per heavy atom. The van der Waals surface area contributed by atoms with Crippen LogP contribution in [0.3, 0.4) is 0 Å². The summed E-state index contributed by atoms with van der Waals surface area (Å²) in [4.78, 5) is 27.8. The smallest absolute Gasteiger partial charge is 0.310 e. The maximum absolute atomic E-state index is 12.1. The number of aliphatic carboxylic acids is 1. The molecular weight excluding hydrogens is 268 g/mol. The van der Waals surface area contributed by atoms with E-state index >= 15 is 0 Å². The third kappa shape index (κ3) is 3.60. The minimum atomic E-state index is -0.859. The minimum Gasteiger partial charge on any atom is -0.481 e. The fourth-order valence-electron chi connectivity index (χ4n) is 3.02. The SMILES string of the molecule is CCc1cccnc1CNC(=O)CC1(C(=O)O)CCCC1. The van der Waals surface area contributed by atoms with Crippen LogP contribution in [-0.4, -0.2) is 22.0 Å². The number of nitrogens with zero attached hydrogens (tertiary/aromatic N) is 1. The molecule has 1 aromatic rings. The monoisotopic (exact) mass is 290 g/mol. The molecule has 1 saturated carbocycles. The Morgan fingerprint density at radius 3 is 2.71 bits per heavy atom. The first-order chi connectivity index (χ1) is 10.1. The molecule has 5 nitrogen and oxygen atoms in total. The lowest BCUT2D eigenvalue weighted by atomic mass is 9.82. The van der Waals surface area contributed by atoms with Gasteiger partial charge < -0.3 is 10.4 Å². The van der Waals surface area contributed by atoms with Gasteiger partial charge in [0.25, 0.3) is 0 Å². The molecular formula is C16H22N2O3. The number of pyridine rings is 1.